The fraction of sp³-hybridized carbons (Fsp3) is 0.583. The van der Waals surface area contributed by atoms with Gasteiger partial charge in [0.05, 0.1) is 29.6 Å². The van der Waals surface area contributed by atoms with Gasteiger partial charge in [-0.3, -0.25) is 9.59 Å². The van der Waals surface area contributed by atoms with Crippen molar-refractivity contribution in [2.75, 3.05) is 0 Å². The first-order valence-electron chi connectivity index (χ1n) is 6.06. The molecular formula is C12H16N2O3S. The summed E-state index contributed by atoms with van der Waals surface area (Å²) in [5.74, 6) is -1.94. The molecule has 5 nitrogen and oxygen atoms in total. The summed E-state index contributed by atoms with van der Waals surface area (Å²) < 4.78 is 0. The highest BCUT2D eigenvalue weighted by Gasteiger charge is 2.35. The topological polar surface area (TPSA) is 79.3 Å². The van der Waals surface area contributed by atoms with E-state index in [-0.39, 0.29) is 5.91 Å². The molecular weight excluding hydrogens is 252 g/mol. The number of hydrogen-bond donors (Lipinski definition) is 2. The van der Waals surface area contributed by atoms with Crippen molar-refractivity contribution >= 4 is 23.2 Å². The molecule has 2 N–H and O–H groups in total. The van der Waals surface area contributed by atoms with E-state index in [1.807, 2.05) is 5.38 Å². The molecule has 0 spiro atoms. The highest BCUT2D eigenvalue weighted by atomic mass is 32.1. The Labute approximate surface area is 109 Å². The summed E-state index contributed by atoms with van der Waals surface area (Å²) in [4.78, 5) is 27.2. The molecule has 98 valence electrons. The Morgan fingerprint density at radius 1 is 1.39 bits per heavy atom. The van der Waals surface area contributed by atoms with Crippen molar-refractivity contribution in [2.24, 2.45) is 11.8 Å². The number of aromatic nitrogens is 1. The van der Waals surface area contributed by atoms with Crippen molar-refractivity contribution in [1.29, 1.82) is 0 Å². The third-order valence-electron chi connectivity index (χ3n) is 3.35. The van der Waals surface area contributed by atoms with Gasteiger partial charge in [-0.1, -0.05) is 12.8 Å². The van der Waals surface area contributed by atoms with Crippen LogP contribution in [0.3, 0.4) is 0 Å². The fourth-order valence-corrected chi connectivity index (χ4v) is 2.93. The number of aliphatic carboxylic acids is 1. The smallest absolute Gasteiger partial charge is 0.307 e. The van der Waals surface area contributed by atoms with Crippen LogP contribution in [-0.4, -0.2) is 22.0 Å². The molecule has 0 radical (unpaired) electrons. The van der Waals surface area contributed by atoms with Gasteiger partial charge >= 0.3 is 5.97 Å². The van der Waals surface area contributed by atoms with Gasteiger partial charge in [-0.05, 0) is 12.8 Å². The highest BCUT2D eigenvalue weighted by Crippen LogP contribution is 2.30. The van der Waals surface area contributed by atoms with Crippen LogP contribution in [0.5, 0.6) is 0 Å². The lowest BCUT2D eigenvalue weighted by Gasteiger charge is -2.27. The number of nitrogens with zero attached hydrogens (tertiary/aromatic N) is 1. The second kappa shape index (κ2) is 5.95. The minimum atomic E-state index is -0.858. The van der Waals surface area contributed by atoms with Crippen LogP contribution < -0.4 is 5.32 Å². The van der Waals surface area contributed by atoms with Gasteiger partial charge in [-0.15, -0.1) is 11.3 Å². The maximum absolute atomic E-state index is 12.0. The van der Waals surface area contributed by atoms with Gasteiger partial charge < -0.3 is 10.4 Å². The van der Waals surface area contributed by atoms with Crippen LogP contribution >= 0.6 is 11.3 Å². The number of rotatable bonds is 4. The number of amides is 1. The van der Waals surface area contributed by atoms with Gasteiger partial charge in [-0.25, -0.2) is 4.98 Å². The molecule has 1 fully saturated rings. The zero-order chi connectivity index (χ0) is 13.0. The molecule has 1 amide bonds. The molecule has 0 saturated heterocycles. The van der Waals surface area contributed by atoms with Gasteiger partial charge in [0.15, 0.2) is 0 Å². The Morgan fingerprint density at radius 2 is 2.11 bits per heavy atom. The Balaban J connectivity index is 1.92. The van der Waals surface area contributed by atoms with Crippen molar-refractivity contribution in [1.82, 2.24) is 10.3 Å². The third-order valence-corrected chi connectivity index (χ3v) is 3.98. The van der Waals surface area contributed by atoms with E-state index < -0.39 is 17.8 Å². The number of carboxylic acids is 1. The summed E-state index contributed by atoms with van der Waals surface area (Å²) in [6.07, 6.45) is 3.09. The molecule has 0 unspecified atom stereocenters. The molecule has 1 aliphatic carbocycles. The number of carbonyl (C=O) groups excluding carboxylic acids is 1. The quantitative estimate of drug-likeness (QED) is 0.870. The lowest BCUT2D eigenvalue weighted by molar-refractivity contribution is -0.148. The average Bonchev–Trinajstić information content (AvgIpc) is 2.89. The second-order valence-electron chi connectivity index (χ2n) is 4.53. The van der Waals surface area contributed by atoms with E-state index in [0.717, 1.165) is 18.5 Å². The van der Waals surface area contributed by atoms with Crippen molar-refractivity contribution in [2.45, 2.75) is 32.2 Å². The van der Waals surface area contributed by atoms with Crippen molar-refractivity contribution in [3.8, 4) is 0 Å². The van der Waals surface area contributed by atoms with Gasteiger partial charge in [0.1, 0.15) is 0 Å². The first-order chi connectivity index (χ1) is 8.68. The summed E-state index contributed by atoms with van der Waals surface area (Å²) in [6, 6.07) is 0. The Morgan fingerprint density at radius 3 is 2.72 bits per heavy atom. The molecule has 1 heterocycles. The van der Waals surface area contributed by atoms with Crippen LogP contribution in [0.1, 0.15) is 31.4 Å². The van der Waals surface area contributed by atoms with Gasteiger partial charge in [-0.2, -0.15) is 0 Å². The molecule has 6 heteroatoms. The predicted octanol–water partition coefficient (Wildman–Crippen LogP) is 1.65. The molecule has 1 saturated carbocycles. The van der Waals surface area contributed by atoms with Crippen molar-refractivity contribution in [3.05, 3.63) is 16.6 Å². The summed E-state index contributed by atoms with van der Waals surface area (Å²) >= 11 is 1.48. The lowest BCUT2D eigenvalue weighted by Crippen LogP contribution is -2.39. The van der Waals surface area contributed by atoms with E-state index in [4.69, 9.17) is 5.11 Å². The van der Waals surface area contributed by atoms with Crippen LogP contribution in [0, 0.1) is 11.8 Å². The van der Waals surface area contributed by atoms with Gasteiger partial charge in [0, 0.05) is 5.38 Å². The highest BCUT2D eigenvalue weighted by molar-refractivity contribution is 7.07. The van der Waals surface area contributed by atoms with Crippen LogP contribution in [-0.2, 0) is 16.1 Å². The lowest BCUT2D eigenvalue weighted by atomic mass is 9.79. The summed E-state index contributed by atoms with van der Waals surface area (Å²) in [5, 5.41) is 13.8. The minimum absolute atomic E-state index is 0.157. The molecule has 0 aromatic carbocycles. The molecule has 0 bridgehead atoms. The van der Waals surface area contributed by atoms with E-state index in [2.05, 4.69) is 10.3 Å². The first kappa shape index (κ1) is 13.0. The Hall–Kier alpha value is -1.43. The second-order valence-corrected chi connectivity index (χ2v) is 5.25. The largest absolute Gasteiger partial charge is 0.481 e. The zero-order valence-electron chi connectivity index (χ0n) is 9.96. The summed E-state index contributed by atoms with van der Waals surface area (Å²) in [7, 11) is 0. The fourth-order valence-electron chi connectivity index (χ4n) is 2.37. The maximum Gasteiger partial charge on any atom is 0.307 e. The summed E-state index contributed by atoms with van der Waals surface area (Å²) in [6.45, 7) is 0.380. The average molecular weight is 268 g/mol. The molecule has 2 atom stereocenters. The molecule has 1 aliphatic rings. The number of nitrogens with one attached hydrogen (secondary N) is 1. The van der Waals surface area contributed by atoms with Crippen LogP contribution in [0.2, 0.25) is 0 Å². The van der Waals surface area contributed by atoms with Crippen LogP contribution in [0.4, 0.5) is 0 Å². The summed E-state index contributed by atoms with van der Waals surface area (Å²) in [5.41, 5.74) is 2.53. The van der Waals surface area contributed by atoms with E-state index in [0.29, 0.717) is 19.4 Å². The monoisotopic (exact) mass is 268 g/mol. The molecule has 1 aromatic heterocycles. The Bertz CT molecular complexity index is 419. The molecule has 2 rings (SSSR count). The number of hydrogen-bond acceptors (Lipinski definition) is 4. The van der Waals surface area contributed by atoms with E-state index >= 15 is 0 Å². The van der Waals surface area contributed by atoms with Crippen molar-refractivity contribution < 1.29 is 14.7 Å². The SMILES string of the molecule is O=C(O)[C@H]1CCCC[C@H]1C(=O)NCc1cscn1. The predicted molar refractivity (Wildman–Crippen MR) is 67.0 cm³/mol. The number of carbonyl (C=O) groups is 2. The van der Waals surface area contributed by atoms with Gasteiger partial charge in [0.25, 0.3) is 0 Å². The van der Waals surface area contributed by atoms with Crippen LogP contribution in [0.25, 0.3) is 0 Å². The maximum atomic E-state index is 12.0. The first-order valence-corrected chi connectivity index (χ1v) is 7.00. The van der Waals surface area contributed by atoms with Crippen LogP contribution in [0.15, 0.2) is 10.9 Å². The standard InChI is InChI=1S/C12H16N2O3S/c15-11(13-5-8-6-18-7-14-8)9-3-1-2-4-10(9)12(16)17/h6-7,9-10H,1-5H2,(H,13,15)(H,16,17)/t9-,10+/m1/s1. The zero-order valence-corrected chi connectivity index (χ0v) is 10.8. The normalized spacial score (nSPS) is 23.6. The molecule has 1 aromatic rings. The van der Waals surface area contributed by atoms with E-state index in [1.165, 1.54) is 11.3 Å². The molecule has 18 heavy (non-hydrogen) atoms. The molecule has 0 aliphatic heterocycles. The van der Waals surface area contributed by atoms with Crippen molar-refractivity contribution in [3.63, 3.8) is 0 Å². The number of carboxylic acid groups (broad SMARTS) is 1. The Kier molecular flexibility index (Phi) is 4.30. The van der Waals surface area contributed by atoms with E-state index in [1.54, 1.807) is 5.51 Å². The van der Waals surface area contributed by atoms with Gasteiger partial charge in [0.2, 0.25) is 5.91 Å². The number of thiazole rings is 1. The third kappa shape index (κ3) is 3.07. The van der Waals surface area contributed by atoms with E-state index in [9.17, 15) is 9.59 Å². The minimum Gasteiger partial charge on any atom is -0.481 e.